The van der Waals surface area contributed by atoms with Gasteiger partial charge in [-0.2, -0.15) is 4.80 Å². The van der Waals surface area contributed by atoms with Crippen molar-refractivity contribution in [2.45, 2.75) is 19.9 Å². The van der Waals surface area contributed by atoms with Crippen LogP contribution in [0.4, 0.5) is 0 Å². The van der Waals surface area contributed by atoms with Crippen molar-refractivity contribution in [1.82, 2.24) is 35.2 Å². The van der Waals surface area contributed by atoms with Crippen LogP contribution in [0.5, 0.6) is 0 Å². The SMILES string of the molecule is CCc1c(C(=O)OC)nnn1Cc1nnn(C)n1. The maximum atomic E-state index is 11.5. The number of nitrogens with zero attached hydrogens (tertiary/aromatic N) is 7. The van der Waals surface area contributed by atoms with Crippen molar-refractivity contribution in [1.29, 1.82) is 0 Å². The van der Waals surface area contributed by atoms with E-state index in [4.69, 9.17) is 0 Å². The second kappa shape index (κ2) is 4.90. The van der Waals surface area contributed by atoms with E-state index in [1.807, 2.05) is 6.92 Å². The van der Waals surface area contributed by atoms with Crippen molar-refractivity contribution in [3.8, 4) is 0 Å². The van der Waals surface area contributed by atoms with Gasteiger partial charge >= 0.3 is 5.97 Å². The highest BCUT2D eigenvalue weighted by molar-refractivity contribution is 5.88. The Balaban J connectivity index is 2.28. The van der Waals surface area contributed by atoms with E-state index in [0.717, 1.165) is 0 Å². The molecule has 0 atom stereocenters. The molecule has 9 nitrogen and oxygen atoms in total. The summed E-state index contributed by atoms with van der Waals surface area (Å²) in [5, 5.41) is 19.4. The molecule has 2 rings (SSSR count). The van der Waals surface area contributed by atoms with Crippen molar-refractivity contribution in [3.05, 3.63) is 17.2 Å². The predicted octanol–water partition coefficient (Wildman–Crippen LogP) is -0.801. The van der Waals surface area contributed by atoms with Gasteiger partial charge in [0.2, 0.25) is 0 Å². The van der Waals surface area contributed by atoms with Gasteiger partial charge in [0, 0.05) is 0 Å². The van der Waals surface area contributed by atoms with E-state index in [1.165, 1.54) is 11.9 Å². The molecule has 2 aromatic rings. The van der Waals surface area contributed by atoms with E-state index in [2.05, 4.69) is 30.5 Å². The molecule has 0 aliphatic heterocycles. The Bertz CT molecular complexity index is 559. The maximum Gasteiger partial charge on any atom is 0.360 e. The average molecular weight is 251 g/mol. The topological polar surface area (TPSA) is 101 Å². The lowest BCUT2D eigenvalue weighted by Crippen LogP contribution is -2.10. The lowest BCUT2D eigenvalue weighted by molar-refractivity contribution is 0.0592. The fourth-order valence-corrected chi connectivity index (χ4v) is 1.59. The highest BCUT2D eigenvalue weighted by Gasteiger charge is 2.19. The van der Waals surface area contributed by atoms with Crippen LogP contribution in [0.3, 0.4) is 0 Å². The number of esters is 1. The number of carbonyl (C=O) groups is 1. The van der Waals surface area contributed by atoms with Crippen LogP contribution in [0.2, 0.25) is 0 Å². The summed E-state index contributed by atoms with van der Waals surface area (Å²) >= 11 is 0. The monoisotopic (exact) mass is 251 g/mol. The molecule has 0 radical (unpaired) electrons. The van der Waals surface area contributed by atoms with Crippen LogP contribution in [-0.4, -0.2) is 48.3 Å². The number of tetrazole rings is 1. The molecule has 2 heterocycles. The van der Waals surface area contributed by atoms with Crippen LogP contribution in [0.25, 0.3) is 0 Å². The van der Waals surface area contributed by atoms with Gasteiger partial charge in [-0.25, -0.2) is 9.48 Å². The molecular weight excluding hydrogens is 238 g/mol. The number of rotatable bonds is 4. The van der Waals surface area contributed by atoms with Crippen molar-refractivity contribution in [2.24, 2.45) is 7.05 Å². The number of hydrogen-bond donors (Lipinski definition) is 0. The van der Waals surface area contributed by atoms with E-state index >= 15 is 0 Å². The van der Waals surface area contributed by atoms with Gasteiger partial charge in [-0.05, 0) is 11.6 Å². The third-order valence-corrected chi connectivity index (χ3v) is 2.39. The Hall–Kier alpha value is -2.32. The van der Waals surface area contributed by atoms with Gasteiger partial charge in [0.05, 0.1) is 19.9 Å². The fraction of sp³-hybridized carbons (Fsp3) is 0.556. The van der Waals surface area contributed by atoms with E-state index in [1.54, 1.807) is 11.7 Å². The summed E-state index contributed by atoms with van der Waals surface area (Å²) in [6.45, 7) is 2.23. The third kappa shape index (κ3) is 2.19. The lowest BCUT2D eigenvalue weighted by atomic mass is 10.2. The van der Waals surface area contributed by atoms with E-state index in [-0.39, 0.29) is 5.69 Å². The predicted molar refractivity (Wildman–Crippen MR) is 58.6 cm³/mol. The molecule has 0 fully saturated rings. The normalized spacial score (nSPS) is 10.6. The summed E-state index contributed by atoms with van der Waals surface area (Å²) in [4.78, 5) is 12.8. The number of methoxy groups -OCH3 is 1. The van der Waals surface area contributed by atoms with Crippen LogP contribution in [-0.2, 0) is 24.8 Å². The Morgan fingerprint density at radius 2 is 2.11 bits per heavy atom. The lowest BCUT2D eigenvalue weighted by Gasteiger charge is -2.02. The summed E-state index contributed by atoms with van der Waals surface area (Å²) in [6, 6.07) is 0. The second-order valence-electron chi connectivity index (χ2n) is 3.58. The van der Waals surface area contributed by atoms with Gasteiger partial charge in [0.1, 0.15) is 6.54 Å². The first-order valence-corrected chi connectivity index (χ1v) is 5.39. The van der Waals surface area contributed by atoms with E-state index < -0.39 is 5.97 Å². The largest absolute Gasteiger partial charge is 0.464 e. The molecule has 9 heteroatoms. The summed E-state index contributed by atoms with van der Waals surface area (Å²) in [7, 11) is 2.99. The number of carbonyl (C=O) groups excluding carboxylic acids is 1. The smallest absolute Gasteiger partial charge is 0.360 e. The highest BCUT2D eigenvalue weighted by Crippen LogP contribution is 2.08. The molecule has 2 aromatic heterocycles. The number of aromatic nitrogens is 7. The van der Waals surface area contributed by atoms with Crippen LogP contribution in [0, 0.1) is 0 Å². The van der Waals surface area contributed by atoms with Crippen LogP contribution in [0.15, 0.2) is 0 Å². The van der Waals surface area contributed by atoms with Gasteiger partial charge in [-0.3, -0.25) is 0 Å². The zero-order valence-corrected chi connectivity index (χ0v) is 10.4. The first kappa shape index (κ1) is 12.1. The summed E-state index contributed by atoms with van der Waals surface area (Å²) in [5.41, 5.74) is 0.915. The van der Waals surface area contributed by atoms with Crippen LogP contribution in [0.1, 0.15) is 28.9 Å². The zero-order valence-electron chi connectivity index (χ0n) is 10.4. The first-order chi connectivity index (χ1) is 8.65. The molecule has 0 aromatic carbocycles. The molecule has 0 aliphatic rings. The average Bonchev–Trinajstić information content (AvgIpc) is 2.95. The molecule has 0 saturated heterocycles. The summed E-state index contributed by atoms with van der Waals surface area (Å²) in [5.74, 6) is 0.0127. The number of ether oxygens (including phenoxy) is 1. The molecule has 18 heavy (non-hydrogen) atoms. The number of aryl methyl sites for hydroxylation is 1. The third-order valence-electron chi connectivity index (χ3n) is 2.39. The zero-order chi connectivity index (χ0) is 13.1. The van der Waals surface area contributed by atoms with Gasteiger partial charge in [0.25, 0.3) is 0 Å². The molecular formula is C9H13N7O2. The quantitative estimate of drug-likeness (QED) is 0.655. The molecule has 0 N–H and O–H groups in total. The van der Waals surface area contributed by atoms with E-state index in [0.29, 0.717) is 24.5 Å². The highest BCUT2D eigenvalue weighted by atomic mass is 16.5. The summed E-state index contributed by atoms with van der Waals surface area (Å²) < 4.78 is 6.22. The Morgan fingerprint density at radius 3 is 2.67 bits per heavy atom. The van der Waals surface area contributed by atoms with E-state index in [9.17, 15) is 4.79 Å². The Kier molecular flexibility index (Phi) is 3.31. The van der Waals surface area contributed by atoms with Crippen molar-refractivity contribution in [3.63, 3.8) is 0 Å². The maximum absolute atomic E-state index is 11.5. The minimum Gasteiger partial charge on any atom is -0.464 e. The molecule has 0 saturated carbocycles. The van der Waals surface area contributed by atoms with Gasteiger partial charge < -0.3 is 4.74 Å². The fourth-order valence-electron chi connectivity index (χ4n) is 1.59. The van der Waals surface area contributed by atoms with Crippen molar-refractivity contribution >= 4 is 5.97 Å². The Labute approximate surface area is 103 Å². The van der Waals surface area contributed by atoms with Gasteiger partial charge in [-0.1, -0.05) is 12.1 Å². The molecule has 0 spiro atoms. The van der Waals surface area contributed by atoms with Crippen molar-refractivity contribution in [2.75, 3.05) is 7.11 Å². The molecule has 0 aliphatic carbocycles. The minimum absolute atomic E-state index is 0.226. The van der Waals surface area contributed by atoms with Gasteiger partial charge in [0.15, 0.2) is 11.5 Å². The molecule has 0 bridgehead atoms. The van der Waals surface area contributed by atoms with Crippen LogP contribution >= 0.6 is 0 Å². The Morgan fingerprint density at radius 1 is 1.33 bits per heavy atom. The van der Waals surface area contributed by atoms with Crippen LogP contribution < -0.4 is 0 Å². The van der Waals surface area contributed by atoms with Gasteiger partial charge in [-0.15, -0.1) is 15.3 Å². The molecule has 0 amide bonds. The number of hydrogen-bond acceptors (Lipinski definition) is 7. The summed E-state index contributed by atoms with van der Waals surface area (Å²) in [6.07, 6.45) is 0.609. The standard InChI is InChI=1S/C9H13N7O2/c1-4-6-8(9(17)18-3)11-14-16(6)5-7-10-13-15(2)12-7/h4-5H2,1-3H3. The minimum atomic E-state index is -0.495. The molecule has 96 valence electrons. The second-order valence-corrected chi connectivity index (χ2v) is 3.58. The van der Waals surface area contributed by atoms with Crippen molar-refractivity contribution < 1.29 is 9.53 Å². The first-order valence-electron chi connectivity index (χ1n) is 5.39. The molecule has 0 unspecified atom stereocenters.